The lowest BCUT2D eigenvalue weighted by atomic mass is 9.97. The van der Waals surface area contributed by atoms with E-state index in [1.165, 1.54) is 25.1 Å². The Morgan fingerprint density at radius 2 is 1.81 bits per heavy atom. The fraction of sp³-hybridized carbons (Fsp3) is 0.100. The maximum Gasteiger partial charge on any atom is 0.308 e. The molecule has 0 bridgehead atoms. The van der Waals surface area contributed by atoms with Crippen molar-refractivity contribution in [1.29, 1.82) is 0 Å². The van der Waals surface area contributed by atoms with Crippen LogP contribution in [0.1, 0.15) is 39.3 Å². The fourth-order valence-electron chi connectivity index (χ4n) is 3.23. The molecular formula is C20H12BrNO5. The molecule has 0 radical (unpaired) electrons. The first-order valence-electron chi connectivity index (χ1n) is 8.06. The van der Waals surface area contributed by atoms with Crippen LogP contribution >= 0.6 is 15.9 Å². The number of nitrogens with zero attached hydrogens (tertiary/aromatic N) is 1. The average Bonchev–Trinajstić information content (AvgIpc) is 2.88. The van der Waals surface area contributed by atoms with Gasteiger partial charge in [0.25, 0.3) is 0 Å². The van der Waals surface area contributed by atoms with Crippen LogP contribution in [-0.4, -0.2) is 27.6 Å². The smallest absolute Gasteiger partial charge is 0.308 e. The third-order valence-corrected chi connectivity index (χ3v) is 5.22. The zero-order valence-electron chi connectivity index (χ0n) is 14.0. The largest absolute Gasteiger partial charge is 0.505 e. The van der Waals surface area contributed by atoms with Crippen molar-refractivity contribution < 1.29 is 24.2 Å². The van der Waals surface area contributed by atoms with Crippen molar-refractivity contribution in [2.24, 2.45) is 0 Å². The van der Waals surface area contributed by atoms with E-state index in [-0.39, 0.29) is 28.3 Å². The molecule has 2 aromatic carbocycles. The van der Waals surface area contributed by atoms with Crippen LogP contribution in [-0.2, 0) is 4.79 Å². The third-order valence-electron chi connectivity index (χ3n) is 4.41. The molecule has 6 nitrogen and oxygen atoms in total. The van der Waals surface area contributed by atoms with E-state index in [0.29, 0.717) is 15.4 Å². The monoisotopic (exact) mass is 425 g/mol. The molecule has 1 unspecified atom stereocenters. The Morgan fingerprint density at radius 1 is 1.11 bits per heavy atom. The Bertz CT molecular complexity index is 1150. The highest BCUT2D eigenvalue weighted by molar-refractivity contribution is 9.10. The van der Waals surface area contributed by atoms with Crippen molar-refractivity contribution in [3.05, 3.63) is 63.8 Å². The van der Waals surface area contributed by atoms with Crippen LogP contribution in [0.3, 0.4) is 0 Å². The summed E-state index contributed by atoms with van der Waals surface area (Å²) in [6.45, 7) is 1.25. The van der Waals surface area contributed by atoms with Crippen LogP contribution < -0.4 is 4.74 Å². The topological polar surface area (TPSA) is 93.6 Å². The van der Waals surface area contributed by atoms with Crippen molar-refractivity contribution >= 4 is 44.4 Å². The molecular weight excluding hydrogens is 414 g/mol. The number of para-hydroxylation sites is 1. The molecule has 0 saturated carbocycles. The number of Topliss-reactive ketones (excluding diaryl/α,β-unsaturated/α-hetero) is 2. The van der Waals surface area contributed by atoms with Gasteiger partial charge < -0.3 is 9.84 Å². The predicted octanol–water partition coefficient (Wildman–Crippen LogP) is 3.79. The summed E-state index contributed by atoms with van der Waals surface area (Å²) in [5, 5.41) is 11.2. The highest BCUT2D eigenvalue weighted by Crippen LogP contribution is 2.42. The Morgan fingerprint density at radius 3 is 2.56 bits per heavy atom. The second kappa shape index (κ2) is 6.28. The lowest BCUT2D eigenvalue weighted by molar-refractivity contribution is -0.131. The molecule has 1 aromatic heterocycles. The second-order valence-corrected chi connectivity index (χ2v) is 6.93. The minimum Gasteiger partial charge on any atom is -0.505 e. The van der Waals surface area contributed by atoms with E-state index in [2.05, 4.69) is 20.9 Å². The summed E-state index contributed by atoms with van der Waals surface area (Å²) >= 11 is 3.32. The van der Waals surface area contributed by atoms with E-state index in [4.69, 9.17) is 4.74 Å². The summed E-state index contributed by atoms with van der Waals surface area (Å²) in [6, 6.07) is 11.4. The number of esters is 1. The highest BCUT2D eigenvalue weighted by Gasteiger charge is 2.42. The Hall–Kier alpha value is -3.06. The zero-order valence-corrected chi connectivity index (χ0v) is 15.6. The molecule has 1 N–H and O–H groups in total. The number of fused-ring (bicyclic) bond motifs is 2. The second-order valence-electron chi connectivity index (χ2n) is 6.14. The number of carbonyl (C=O) groups is 3. The molecule has 3 aromatic rings. The van der Waals surface area contributed by atoms with Gasteiger partial charge >= 0.3 is 5.97 Å². The molecule has 7 heteroatoms. The van der Waals surface area contributed by atoms with Crippen molar-refractivity contribution in [3.8, 4) is 11.5 Å². The molecule has 1 atom stereocenters. The quantitative estimate of drug-likeness (QED) is 0.381. The summed E-state index contributed by atoms with van der Waals surface area (Å²) < 4.78 is 5.36. The van der Waals surface area contributed by atoms with Crippen LogP contribution in [0.5, 0.6) is 11.5 Å². The molecule has 1 heterocycles. The van der Waals surface area contributed by atoms with Gasteiger partial charge in [0.1, 0.15) is 17.4 Å². The molecule has 1 aliphatic carbocycles. The van der Waals surface area contributed by atoms with E-state index in [1.54, 1.807) is 24.3 Å². The number of ketones is 2. The van der Waals surface area contributed by atoms with Gasteiger partial charge in [0, 0.05) is 23.4 Å². The number of aromatic hydroxyl groups is 1. The minimum atomic E-state index is -1.24. The number of rotatable bonds is 2. The SMILES string of the molecule is CC(=O)Oc1ccc2c(c1)C(=O)C(c1nc3ccccc3c(Br)c1O)C2=O. The van der Waals surface area contributed by atoms with Crippen molar-refractivity contribution in [2.45, 2.75) is 12.8 Å². The number of pyridine rings is 1. The number of hydrogen-bond donors (Lipinski definition) is 1. The van der Waals surface area contributed by atoms with Crippen molar-refractivity contribution in [3.63, 3.8) is 0 Å². The minimum absolute atomic E-state index is 0.000751. The summed E-state index contributed by atoms with van der Waals surface area (Å²) in [4.78, 5) is 41.3. The van der Waals surface area contributed by atoms with E-state index in [1.807, 2.05) is 0 Å². The first-order chi connectivity index (χ1) is 12.9. The van der Waals surface area contributed by atoms with E-state index >= 15 is 0 Å². The summed E-state index contributed by atoms with van der Waals surface area (Å²) in [7, 11) is 0. The Labute approximate surface area is 161 Å². The molecule has 1 aliphatic rings. The average molecular weight is 426 g/mol. The number of benzene rings is 2. The molecule has 0 spiro atoms. The molecule has 0 aliphatic heterocycles. The molecule has 0 amide bonds. The highest BCUT2D eigenvalue weighted by atomic mass is 79.9. The first-order valence-corrected chi connectivity index (χ1v) is 8.85. The number of aromatic nitrogens is 1. The normalized spacial score (nSPS) is 15.9. The van der Waals surface area contributed by atoms with Gasteiger partial charge in [0.05, 0.1) is 9.99 Å². The standard InChI is InChI=1S/C20H12BrNO5/c1-9(23)27-10-6-7-11-13(8-10)19(25)15(18(11)24)17-20(26)16(21)12-4-2-3-5-14(12)22-17/h2-8,15,26H,1H3. The maximum absolute atomic E-state index is 12.9. The first kappa shape index (κ1) is 17.4. The van der Waals surface area contributed by atoms with Gasteiger partial charge in [-0.2, -0.15) is 0 Å². The van der Waals surface area contributed by atoms with Gasteiger partial charge in [-0.1, -0.05) is 18.2 Å². The summed E-state index contributed by atoms with van der Waals surface area (Å²) in [6.07, 6.45) is 0. The number of carbonyl (C=O) groups excluding carboxylic acids is 3. The van der Waals surface area contributed by atoms with Gasteiger partial charge in [-0.3, -0.25) is 14.4 Å². The number of hydrogen-bond acceptors (Lipinski definition) is 6. The maximum atomic E-state index is 12.9. The van der Waals surface area contributed by atoms with Crippen LogP contribution in [0.2, 0.25) is 0 Å². The predicted molar refractivity (Wildman–Crippen MR) is 100 cm³/mol. The molecule has 134 valence electrons. The molecule has 4 rings (SSSR count). The van der Waals surface area contributed by atoms with Crippen LogP contribution in [0, 0.1) is 0 Å². The van der Waals surface area contributed by atoms with Crippen molar-refractivity contribution in [1.82, 2.24) is 4.98 Å². The van der Waals surface area contributed by atoms with E-state index in [0.717, 1.165) is 0 Å². The van der Waals surface area contributed by atoms with Crippen LogP contribution in [0.25, 0.3) is 10.9 Å². The zero-order chi connectivity index (χ0) is 19.3. The van der Waals surface area contributed by atoms with Gasteiger partial charge in [0.15, 0.2) is 17.3 Å². The van der Waals surface area contributed by atoms with Gasteiger partial charge in [-0.05, 0) is 40.2 Å². The summed E-state index contributed by atoms with van der Waals surface area (Å²) in [5.74, 6) is -2.77. The van der Waals surface area contributed by atoms with Gasteiger partial charge in [-0.25, -0.2) is 4.98 Å². The Kier molecular flexibility index (Phi) is 4.04. The Balaban J connectivity index is 1.85. The van der Waals surface area contributed by atoms with Gasteiger partial charge in [-0.15, -0.1) is 0 Å². The number of halogens is 1. The fourth-order valence-corrected chi connectivity index (χ4v) is 3.77. The molecule has 27 heavy (non-hydrogen) atoms. The molecule has 0 fully saturated rings. The third kappa shape index (κ3) is 2.71. The lowest BCUT2D eigenvalue weighted by Crippen LogP contribution is -2.15. The van der Waals surface area contributed by atoms with E-state index < -0.39 is 23.5 Å². The van der Waals surface area contributed by atoms with E-state index in [9.17, 15) is 19.5 Å². The van der Waals surface area contributed by atoms with Crippen LogP contribution in [0.15, 0.2) is 46.9 Å². The van der Waals surface area contributed by atoms with Crippen molar-refractivity contribution in [2.75, 3.05) is 0 Å². The lowest BCUT2D eigenvalue weighted by Gasteiger charge is -2.12. The molecule has 0 saturated heterocycles. The van der Waals surface area contributed by atoms with Crippen LogP contribution in [0.4, 0.5) is 0 Å². The number of ether oxygens (including phenoxy) is 1. The van der Waals surface area contributed by atoms with Gasteiger partial charge in [0.2, 0.25) is 0 Å². The summed E-state index contributed by atoms with van der Waals surface area (Å²) in [5.41, 5.74) is 0.913.